The first-order valence-corrected chi connectivity index (χ1v) is 7.12. The van der Waals surface area contributed by atoms with Gasteiger partial charge in [-0.3, -0.25) is 4.90 Å². The molecule has 1 heterocycles. The Morgan fingerprint density at radius 3 is 2.50 bits per heavy atom. The molecular formula is C17H21NO4. The molecule has 1 N–H and O–H groups in total. The van der Waals surface area contributed by atoms with Crippen LogP contribution in [0.15, 0.2) is 47.1 Å². The summed E-state index contributed by atoms with van der Waals surface area (Å²) in [5.74, 6) is 0.803. The fraction of sp³-hybridized carbons (Fsp3) is 0.353. The van der Waals surface area contributed by atoms with Crippen molar-refractivity contribution < 1.29 is 19.1 Å². The first kappa shape index (κ1) is 15.9. The van der Waals surface area contributed by atoms with E-state index in [1.54, 1.807) is 36.6 Å². The van der Waals surface area contributed by atoms with Gasteiger partial charge in [0.15, 0.2) is 0 Å². The molecule has 1 amide bonds. The maximum absolute atomic E-state index is 12.4. The largest absolute Gasteiger partial charge is 0.508 e. The maximum Gasteiger partial charge on any atom is 0.411 e. The second-order valence-electron chi connectivity index (χ2n) is 6.04. The number of nitrogens with zero attached hydrogens (tertiary/aromatic N) is 1. The van der Waals surface area contributed by atoms with Crippen molar-refractivity contribution in [1.82, 2.24) is 4.90 Å². The SMILES string of the molecule is CC(C)(C)OC(=O)N(Cc1ccco1)Cc1ccccc1O. The molecule has 2 rings (SSSR count). The zero-order chi connectivity index (χ0) is 16.2. The number of ether oxygens (including phenoxy) is 1. The molecule has 5 heteroatoms. The van der Waals surface area contributed by atoms with Gasteiger partial charge >= 0.3 is 6.09 Å². The monoisotopic (exact) mass is 303 g/mol. The lowest BCUT2D eigenvalue weighted by molar-refractivity contribution is 0.0202. The van der Waals surface area contributed by atoms with Gasteiger partial charge < -0.3 is 14.3 Å². The molecule has 5 nitrogen and oxygen atoms in total. The highest BCUT2D eigenvalue weighted by atomic mass is 16.6. The summed E-state index contributed by atoms with van der Waals surface area (Å²) >= 11 is 0. The van der Waals surface area contributed by atoms with Crippen LogP contribution in [-0.4, -0.2) is 21.7 Å². The predicted molar refractivity (Wildman–Crippen MR) is 82.3 cm³/mol. The summed E-state index contributed by atoms with van der Waals surface area (Å²) in [6, 6.07) is 10.5. The van der Waals surface area contributed by atoms with Crippen LogP contribution in [0.3, 0.4) is 0 Å². The van der Waals surface area contributed by atoms with Crippen LogP contribution in [0.5, 0.6) is 5.75 Å². The van der Waals surface area contributed by atoms with Crippen molar-refractivity contribution in [2.45, 2.75) is 39.5 Å². The first-order valence-electron chi connectivity index (χ1n) is 7.12. The summed E-state index contributed by atoms with van der Waals surface area (Å²) in [4.78, 5) is 13.9. The molecule has 1 aromatic heterocycles. The first-order chi connectivity index (χ1) is 10.3. The normalized spacial score (nSPS) is 11.2. The number of benzene rings is 1. The third-order valence-corrected chi connectivity index (χ3v) is 2.93. The van der Waals surface area contributed by atoms with Gasteiger partial charge in [-0.25, -0.2) is 4.79 Å². The van der Waals surface area contributed by atoms with Crippen molar-refractivity contribution in [3.63, 3.8) is 0 Å². The maximum atomic E-state index is 12.4. The van der Waals surface area contributed by atoms with Crippen molar-refractivity contribution in [1.29, 1.82) is 0 Å². The van der Waals surface area contributed by atoms with Crippen LogP contribution in [-0.2, 0) is 17.8 Å². The van der Waals surface area contributed by atoms with Gasteiger partial charge in [-0.2, -0.15) is 0 Å². The Hall–Kier alpha value is -2.43. The molecule has 0 aliphatic carbocycles. The third kappa shape index (κ3) is 4.55. The number of carbonyl (C=O) groups excluding carboxylic acids is 1. The van der Waals surface area contributed by atoms with Crippen molar-refractivity contribution >= 4 is 6.09 Å². The van der Waals surface area contributed by atoms with Crippen LogP contribution in [0.2, 0.25) is 0 Å². The van der Waals surface area contributed by atoms with Crippen LogP contribution in [0.4, 0.5) is 4.79 Å². The number of hydrogen-bond acceptors (Lipinski definition) is 4. The lowest BCUT2D eigenvalue weighted by atomic mass is 10.2. The molecule has 0 bridgehead atoms. The Bertz CT molecular complexity index is 614. The quantitative estimate of drug-likeness (QED) is 0.929. The highest BCUT2D eigenvalue weighted by Crippen LogP contribution is 2.21. The molecule has 0 radical (unpaired) electrons. The lowest BCUT2D eigenvalue weighted by Gasteiger charge is -2.27. The van der Waals surface area contributed by atoms with Crippen molar-refractivity contribution in [2.75, 3.05) is 0 Å². The zero-order valence-corrected chi connectivity index (χ0v) is 13.1. The van der Waals surface area contributed by atoms with Gasteiger partial charge in [-0.15, -0.1) is 0 Å². The number of aromatic hydroxyl groups is 1. The second-order valence-corrected chi connectivity index (χ2v) is 6.04. The fourth-order valence-corrected chi connectivity index (χ4v) is 1.95. The van der Waals surface area contributed by atoms with Gasteiger partial charge in [0.25, 0.3) is 0 Å². The number of phenols is 1. The van der Waals surface area contributed by atoms with E-state index < -0.39 is 11.7 Å². The van der Waals surface area contributed by atoms with Crippen LogP contribution in [0.1, 0.15) is 32.1 Å². The lowest BCUT2D eigenvalue weighted by Crippen LogP contribution is -2.36. The molecule has 0 spiro atoms. The molecule has 118 valence electrons. The number of furan rings is 1. The summed E-state index contributed by atoms with van der Waals surface area (Å²) in [7, 11) is 0. The summed E-state index contributed by atoms with van der Waals surface area (Å²) in [6.07, 6.45) is 1.11. The minimum atomic E-state index is -0.586. The Labute approximate surface area is 130 Å². The van der Waals surface area contributed by atoms with E-state index in [-0.39, 0.29) is 18.8 Å². The van der Waals surface area contributed by atoms with Gasteiger partial charge in [0.05, 0.1) is 19.4 Å². The molecule has 1 aromatic carbocycles. The van der Waals surface area contributed by atoms with Crippen LogP contribution in [0.25, 0.3) is 0 Å². The molecule has 0 atom stereocenters. The Balaban J connectivity index is 2.17. The van der Waals surface area contributed by atoms with Gasteiger partial charge in [0.1, 0.15) is 17.1 Å². The Morgan fingerprint density at radius 1 is 1.18 bits per heavy atom. The van der Waals surface area contributed by atoms with Crippen LogP contribution >= 0.6 is 0 Å². The van der Waals surface area contributed by atoms with E-state index in [9.17, 15) is 9.90 Å². The van der Waals surface area contributed by atoms with E-state index in [1.165, 1.54) is 4.90 Å². The van der Waals surface area contributed by atoms with Gasteiger partial charge in [0, 0.05) is 5.56 Å². The highest BCUT2D eigenvalue weighted by Gasteiger charge is 2.23. The van der Waals surface area contributed by atoms with Crippen molar-refractivity contribution in [2.24, 2.45) is 0 Å². The Kier molecular flexibility index (Phi) is 4.75. The summed E-state index contributed by atoms with van der Waals surface area (Å²) in [5, 5.41) is 9.90. The minimum absolute atomic E-state index is 0.149. The summed E-state index contributed by atoms with van der Waals surface area (Å²) in [6.45, 7) is 5.96. The number of rotatable bonds is 4. The Morgan fingerprint density at radius 2 is 1.91 bits per heavy atom. The zero-order valence-electron chi connectivity index (χ0n) is 13.1. The number of hydrogen-bond donors (Lipinski definition) is 1. The third-order valence-electron chi connectivity index (χ3n) is 2.93. The van der Waals surface area contributed by atoms with E-state index in [1.807, 2.05) is 26.8 Å². The number of amides is 1. The van der Waals surface area contributed by atoms with E-state index in [2.05, 4.69) is 0 Å². The van der Waals surface area contributed by atoms with E-state index in [0.29, 0.717) is 11.3 Å². The average Bonchev–Trinajstić information content (AvgIpc) is 2.91. The molecule has 0 aliphatic rings. The second kappa shape index (κ2) is 6.56. The molecule has 0 unspecified atom stereocenters. The average molecular weight is 303 g/mol. The minimum Gasteiger partial charge on any atom is -0.508 e. The number of phenolic OH excluding ortho intramolecular Hbond substituents is 1. The van der Waals surface area contributed by atoms with Crippen molar-refractivity contribution in [3.05, 3.63) is 54.0 Å². The molecular weight excluding hydrogens is 282 g/mol. The van der Waals surface area contributed by atoms with Crippen LogP contribution < -0.4 is 0 Å². The molecule has 22 heavy (non-hydrogen) atoms. The summed E-state index contributed by atoms with van der Waals surface area (Å²) < 4.78 is 10.7. The number of carbonyl (C=O) groups is 1. The van der Waals surface area contributed by atoms with E-state index in [0.717, 1.165) is 0 Å². The standard InChI is InChI=1S/C17H21NO4/c1-17(2,3)22-16(20)18(12-14-8-6-10-21-14)11-13-7-4-5-9-15(13)19/h4-10,19H,11-12H2,1-3H3. The molecule has 0 aliphatic heterocycles. The van der Waals surface area contributed by atoms with E-state index in [4.69, 9.17) is 9.15 Å². The van der Waals surface area contributed by atoms with Crippen molar-refractivity contribution in [3.8, 4) is 5.75 Å². The van der Waals surface area contributed by atoms with Crippen LogP contribution in [0, 0.1) is 0 Å². The topological polar surface area (TPSA) is 62.9 Å². The summed E-state index contributed by atoms with van der Waals surface area (Å²) in [5.41, 5.74) is 0.0666. The van der Waals surface area contributed by atoms with Gasteiger partial charge in [0.2, 0.25) is 0 Å². The number of para-hydroxylation sites is 1. The molecule has 0 saturated heterocycles. The van der Waals surface area contributed by atoms with Gasteiger partial charge in [-0.1, -0.05) is 18.2 Å². The van der Waals surface area contributed by atoms with E-state index >= 15 is 0 Å². The smallest absolute Gasteiger partial charge is 0.411 e. The fourth-order valence-electron chi connectivity index (χ4n) is 1.95. The predicted octanol–water partition coefficient (Wildman–Crippen LogP) is 3.92. The molecule has 0 fully saturated rings. The van der Waals surface area contributed by atoms with Gasteiger partial charge in [-0.05, 0) is 39.0 Å². The molecule has 2 aromatic rings. The highest BCUT2D eigenvalue weighted by molar-refractivity contribution is 5.68. The molecule has 0 saturated carbocycles.